The predicted molar refractivity (Wildman–Crippen MR) is 54.1 cm³/mol. The van der Waals surface area contributed by atoms with Crippen molar-refractivity contribution in [3.05, 3.63) is 18.6 Å². The molecule has 0 aliphatic carbocycles. The molecule has 1 aliphatic rings. The smallest absolute Gasteiger partial charge is 0.265 e. The first kappa shape index (κ1) is 8.19. The Balaban J connectivity index is 2.48. The number of halogens is 1. The molecular weight excluding hydrogens is 240 g/mol. The molecule has 2 rings (SSSR count). The molecular formula is C5HClOS4. The molecule has 1 aliphatic heterocycles. The van der Waals surface area contributed by atoms with E-state index in [-0.39, 0.29) is 4.06 Å². The summed E-state index contributed by atoms with van der Waals surface area (Å²) >= 11 is 11.3. The molecule has 1 aromatic rings. The summed E-state index contributed by atoms with van der Waals surface area (Å²) in [6.07, 6.45) is 0. The first-order valence-corrected chi connectivity index (χ1v) is 6.30. The van der Waals surface area contributed by atoms with Crippen molar-refractivity contribution in [3.8, 4) is 0 Å². The Labute approximate surface area is 84.5 Å². The van der Waals surface area contributed by atoms with Crippen LogP contribution in [0.2, 0.25) is 0 Å². The SMILES string of the molecule is O=c1sc2c(s1)SC(Cl)=CS2. The Morgan fingerprint density at radius 3 is 2.82 bits per heavy atom. The lowest BCUT2D eigenvalue weighted by Gasteiger charge is -2.03. The van der Waals surface area contributed by atoms with Gasteiger partial charge in [0.05, 0.1) is 12.8 Å². The van der Waals surface area contributed by atoms with E-state index >= 15 is 0 Å². The lowest BCUT2D eigenvalue weighted by molar-refractivity contribution is 1.54. The quantitative estimate of drug-likeness (QED) is 0.692. The van der Waals surface area contributed by atoms with E-state index in [0.717, 1.165) is 12.8 Å². The molecule has 0 atom stereocenters. The summed E-state index contributed by atoms with van der Waals surface area (Å²) in [7, 11) is 0. The van der Waals surface area contributed by atoms with Crippen LogP contribution in [-0.4, -0.2) is 0 Å². The fourth-order valence-electron chi connectivity index (χ4n) is 0.603. The molecule has 0 saturated heterocycles. The Kier molecular flexibility index (Phi) is 2.34. The largest absolute Gasteiger partial charge is 0.289 e. The van der Waals surface area contributed by atoms with Gasteiger partial charge in [0.15, 0.2) is 0 Å². The molecule has 0 amide bonds. The van der Waals surface area contributed by atoms with Gasteiger partial charge in [0, 0.05) is 5.41 Å². The van der Waals surface area contributed by atoms with Gasteiger partial charge >= 0.3 is 0 Å². The first-order valence-electron chi connectivity index (χ1n) is 2.60. The van der Waals surface area contributed by atoms with Crippen molar-refractivity contribution in [3.63, 3.8) is 0 Å². The van der Waals surface area contributed by atoms with E-state index in [9.17, 15) is 4.79 Å². The van der Waals surface area contributed by atoms with E-state index < -0.39 is 0 Å². The Morgan fingerprint density at radius 2 is 2.00 bits per heavy atom. The summed E-state index contributed by atoms with van der Waals surface area (Å²) in [6, 6.07) is 0. The van der Waals surface area contributed by atoms with Gasteiger partial charge in [0.1, 0.15) is 0 Å². The third-order valence-corrected chi connectivity index (χ3v) is 6.23. The third kappa shape index (κ3) is 1.67. The average molecular weight is 241 g/mol. The van der Waals surface area contributed by atoms with Crippen LogP contribution < -0.4 is 4.06 Å². The maximum Gasteiger partial charge on any atom is 0.289 e. The average Bonchev–Trinajstić information content (AvgIpc) is 2.27. The molecule has 0 radical (unpaired) electrons. The molecule has 0 spiro atoms. The van der Waals surface area contributed by atoms with Crippen LogP contribution in [0, 0.1) is 0 Å². The summed E-state index contributed by atoms with van der Waals surface area (Å²) in [5, 5.41) is 1.86. The lowest BCUT2D eigenvalue weighted by atomic mass is 11.1. The normalized spacial score (nSPS) is 15.9. The Hall–Kier alpha value is 0.580. The monoisotopic (exact) mass is 240 g/mol. The zero-order chi connectivity index (χ0) is 7.84. The second-order valence-corrected chi connectivity index (χ2v) is 6.98. The van der Waals surface area contributed by atoms with Gasteiger partial charge in [-0.1, -0.05) is 57.8 Å². The summed E-state index contributed by atoms with van der Waals surface area (Å²) in [4.78, 5) is 10.9. The van der Waals surface area contributed by atoms with E-state index in [0.29, 0.717) is 0 Å². The molecule has 58 valence electrons. The zero-order valence-corrected chi connectivity index (χ0v) is 9.02. The summed E-state index contributed by atoms with van der Waals surface area (Å²) in [5.74, 6) is 0. The van der Waals surface area contributed by atoms with Gasteiger partial charge in [-0.2, -0.15) is 0 Å². The van der Waals surface area contributed by atoms with Gasteiger partial charge in [-0.05, 0) is 0 Å². The maximum atomic E-state index is 10.9. The van der Waals surface area contributed by atoms with Gasteiger partial charge < -0.3 is 0 Å². The number of hydrogen-bond donors (Lipinski definition) is 0. The minimum absolute atomic E-state index is 0.148. The molecule has 6 heteroatoms. The second-order valence-electron chi connectivity index (χ2n) is 1.67. The molecule has 0 N–H and O–H groups in total. The van der Waals surface area contributed by atoms with Gasteiger partial charge in [-0.15, -0.1) is 0 Å². The van der Waals surface area contributed by atoms with Gasteiger partial charge in [-0.25, -0.2) is 0 Å². The number of hydrogen-bond acceptors (Lipinski definition) is 5. The standard InChI is InChI=1S/C5HClOS4/c6-2-1-8-3-4(9-2)11-5(7)10-3/h1H. The van der Waals surface area contributed by atoms with E-state index in [4.69, 9.17) is 11.6 Å². The number of fused-ring (bicyclic) bond motifs is 1. The number of rotatable bonds is 0. The summed E-state index contributed by atoms with van der Waals surface area (Å²) < 4.78 is 3.01. The molecule has 2 heterocycles. The van der Waals surface area contributed by atoms with E-state index in [2.05, 4.69) is 0 Å². The Bertz CT molecular complexity index is 363. The van der Waals surface area contributed by atoms with Crippen LogP contribution in [0.5, 0.6) is 0 Å². The van der Waals surface area contributed by atoms with Crippen molar-refractivity contribution in [2.75, 3.05) is 0 Å². The van der Waals surface area contributed by atoms with Gasteiger partial charge in [-0.3, -0.25) is 4.79 Å². The van der Waals surface area contributed by atoms with Crippen molar-refractivity contribution >= 4 is 57.8 Å². The second kappa shape index (κ2) is 3.14. The fraction of sp³-hybridized carbons (Fsp3) is 0. The highest BCUT2D eigenvalue weighted by atomic mass is 35.5. The molecule has 1 aromatic heterocycles. The van der Waals surface area contributed by atoms with Crippen LogP contribution in [0.15, 0.2) is 23.0 Å². The molecule has 1 nitrogen and oxygen atoms in total. The zero-order valence-electron chi connectivity index (χ0n) is 5.00. The fourth-order valence-corrected chi connectivity index (χ4v) is 5.72. The van der Waals surface area contributed by atoms with Crippen LogP contribution >= 0.6 is 57.8 Å². The molecule has 0 saturated carbocycles. The predicted octanol–water partition coefficient (Wildman–Crippen LogP) is 3.41. The summed E-state index contributed by atoms with van der Waals surface area (Å²) in [5.41, 5.74) is 0. The van der Waals surface area contributed by atoms with Crippen molar-refractivity contribution in [1.82, 2.24) is 0 Å². The van der Waals surface area contributed by atoms with Crippen molar-refractivity contribution in [2.45, 2.75) is 8.42 Å². The van der Waals surface area contributed by atoms with Crippen LogP contribution in [0.4, 0.5) is 0 Å². The molecule has 0 fully saturated rings. The maximum absolute atomic E-state index is 10.9. The molecule has 0 unspecified atom stereocenters. The van der Waals surface area contributed by atoms with Crippen molar-refractivity contribution < 1.29 is 0 Å². The van der Waals surface area contributed by atoms with E-state index in [1.165, 1.54) is 46.2 Å². The van der Waals surface area contributed by atoms with Crippen LogP contribution in [-0.2, 0) is 0 Å². The van der Waals surface area contributed by atoms with Gasteiger partial charge in [0.2, 0.25) is 0 Å². The van der Waals surface area contributed by atoms with Crippen LogP contribution in [0.1, 0.15) is 0 Å². The van der Waals surface area contributed by atoms with Crippen molar-refractivity contribution in [2.24, 2.45) is 0 Å². The minimum Gasteiger partial charge on any atom is -0.265 e. The highest BCUT2D eigenvalue weighted by molar-refractivity contribution is 8.12. The minimum atomic E-state index is 0.148. The van der Waals surface area contributed by atoms with Crippen LogP contribution in [0.25, 0.3) is 0 Å². The van der Waals surface area contributed by atoms with E-state index in [1.54, 1.807) is 0 Å². The highest BCUT2D eigenvalue weighted by Gasteiger charge is 2.15. The molecule has 0 aromatic carbocycles. The topological polar surface area (TPSA) is 17.1 Å². The number of thioether (sulfide) groups is 2. The molecule has 0 bridgehead atoms. The summed E-state index contributed by atoms with van der Waals surface area (Å²) in [6.45, 7) is 0. The highest BCUT2D eigenvalue weighted by Crippen LogP contribution is 2.46. The van der Waals surface area contributed by atoms with Crippen LogP contribution in [0.3, 0.4) is 0 Å². The van der Waals surface area contributed by atoms with E-state index in [1.807, 2.05) is 5.41 Å². The third-order valence-electron chi connectivity index (χ3n) is 0.968. The Morgan fingerprint density at radius 1 is 1.27 bits per heavy atom. The lowest BCUT2D eigenvalue weighted by Crippen LogP contribution is -1.73. The van der Waals surface area contributed by atoms with Gasteiger partial charge in [0.25, 0.3) is 4.06 Å². The first-order chi connectivity index (χ1) is 5.25. The van der Waals surface area contributed by atoms with Crippen molar-refractivity contribution in [1.29, 1.82) is 0 Å². The molecule has 11 heavy (non-hydrogen) atoms.